The van der Waals surface area contributed by atoms with Crippen molar-refractivity contribution in [2.75, 3.05) is 0 Å². The number of nitriles is 1. The van der Waals surface area contributed by atoms with Crippen LogP contribution in [0.1, 0.15) is 26.3 Å². The van der Waals surface area contributed by atoms with E-state index in [9.17, 15) is 9.59 Å². The molecule has 1 aromatic heterocycles. The zero-order chi connectivity index (χ0) is 44.2. The zero-order valence-corrected chi connectivity index (χ0v) is 42.7. The second kappa shape index (κ2) is 27.0. The molecule has 6 aromatic carbocycles. The SMILES string of the molecule is Brc1cc(Br)cc(-c2nc(-c3ccccc3)nc(-c3ccccc3)n2)c1.N#Cc1ccccc1.O=C(Cl)c1cc(Br)cc(Br)c1.O=C(O)c1cc(Br)cc(Br)c1.O=S(Cl)Cl. The van der Waals surface area contributed by atoms with Gasteiger partial charge in [-0.15, -0.1) is 0 Å². The second-order valence-corrected chi connectivity index (χ2v) is 19.6. The molecule has 0 saturated heterocycles. The van der Waals surface area contributed by atoms with Crippen LogP contribution in [0.25, 0.3) is 34.2 Å². The first-order chi connectivity index (χ1) is 28.5. The Hall–Kier alpha value is -3.14. The minimum Gasteiger partial charge on any atom is -0.478 e. The Morgan fingerprint density at radius 2 is 0.817 bits per heavy atom. The largest absolute Gasteiger partial charge is 0.478 e. The lowest BCUT2D eigenvalue weighted by Crippen LogP contribution is -2.00. The lowest BCUT2D eigenvalue weighted by molar-refractivity contribution is 0.0696. The molecule has 306 valence electrons. The summed E-state index contributed by atoms with van der Waals surface area (Å²) >= 11 is 25.2. The fourth-order valence-corrected chi connectivity index (χ4v) is 8.47. The van der Waals surface area contributed by atoms with Gasteiger partial charge in [-0.1, -0.05) is 174 Å². The molecule has 0 bridgehead atoms. The number of benzene rings is 6. The summed E-state index contributed by atoms with van der Waals surface area (Å²) in [4.78, 5) is 35.3. The first-order valence-electron chi connectivity index (χ1n) is 16.4. The van der Waals surface area contributed by atoms with E-state index in [0.717, 1.165) is 43.5 Å². The van der Waals surface area contributed by atoms with Crippen LogP contribution in [0.2, 0.25) is 0 Å². The van der Waals surface area contributed by atoms with Gasteiger partial charge in [-0.2, -0.15) is 5.26 Å². The van der Waals surface area contributed by atoms with E-state index in [0.29, 0.717) is 28.6 Å². The van der Waals surface area contributed by atoms with E-state index in [-0.39, 0.29) is 5.56 Å². The number of halogens is 9. The maximum absolute atomic E-state index is 10.7. The van der Waals surface area contributed by atoms with E-state index in [1.807, 2.05) is 109 Å². The maximum atomic E-state index is 10.7. The van der Waals surface area contributed by atoms with Crippen molar-refractivity contribution in [1.82, 2.24) is 15.0 Å². The van der Waals surface area contributed by atoms with Gasteiger partial charge in [0.05, 0.1) is 17.2 Å². The number of carbonyl (C=O) groups excluding carboxylic acids is 1. The van der Waals surface area contributed by atoms with Gasteiger partial charge < -0.3 is 5.11 Å². The van der Waals surface area contributed by atoms with Crippen molar-refractivity contribution in [3.05, 3.63) is 189 Å². The predicted molar refractivity (Wildman–Crippen MR) is 263 cm³/mol. The molecule has 8 nitrogen and oxygen atoms in total. The Balaban J connectivity index is 0.000000234. The third-order valence-electron chi connectivity index (χ3n) is 6.92. The normalized spacial score (nSPS) is 9.82. The van der Waals surface area contributed by atoms with Gasteiger partial charge in [0.15, 0.2) is 17.5 Å². The number of rotatable bonds is 5. The van der Waals surface area contributed by atoms with E-state index in [2.05, 4.69) is 117 Å². The molecule has 0 radical (unpaired) electrons. The molecule has 0 aliphatic rings. The molecule has 0 atom stereocenters. The van der Waals surface area contributed by atoms with Crippen molar-refractivity contribution in [3.8, 4) is 40.2 Å². The van der Waals surface area contributed by atoms with Crippen LogP contribution in [0.5, 0.6) is 0 Å². The van der Waals surface area contributed by atoms with Gasteiger partial charge in [0, 0.05) is 70.5 Å². The topological polar surface area (TPSA) is 134 Å². The predicted octanol–water partition coefficient (Wildman–Crippen LogP) is 15.5. The number of carboxylic acid groups (broad SMARTS) is 1. The summed E-state index contributed by atoms with van der Waals surface area (Å²) in [7, 11) is 7.36. The highest BCUT2D eigenvalue weighted by atomic mass is 79.9. The summed E-state index contributed by atoms with van der Waals surface area (Å²) in [5, 5.41) is 16.4. The molecule has 0 aliphatic carbocycles. The van der Waals surface area contributed by atoms with E-state index >= 15 is 0 Å². The number of carbonyl (C=O) groups is 2. The highest BCUT2D eigenvalue weighted by Crippen LogP contribution is 2.29. The molecule has 60 heavy (non-hydrogen) atoms. The zero-order valence-electron chi connectivity index (χ0n) is 30.1. The third kappa shape index (κ3) is 19.3. The van der Waals surface area contributed by atoms with Crippen LogP contribution in [0.4, 0.5) is 0 Å². The summed E-state index contributed by atoms with van der Waals surface area (Å²) in [6.45, 7) is 0. The highest BCUT2D eigenvalue weighted by molar-refractivity contribution is 9.11. The quantitative estimate of drug-likeness (QED) is 0.168. The van der Waals surface area contributed by atoms with Crippen LogP contribution in [-0.4, -0.2) is 35.5 Å². The van der Waals surface area contributed by atoms with Gasteiger partial charge in [-0.3, -0.25) is 4.79 Å². The minimum absolute atomic E-state index is 0.270. The monoisotopic (exact) mass is 1260 g/mol. The van der Waals surface area contributed by atoms with E-state index < -0.39 is 20.4 Å². The summed E-state index contributed by atoms with van der Waals surface area (Å²) in [6.07, 6.45) is 0. The number of hydrogen-bond donors (Lipinski definition) is 1. The van der Waals surface area contributed by atoms with Crippen LogP contribution in [0.15, 0.2) is 172 Å². The molecule has 0 aliphatic heterocycles. The summed E-state index contributed by atoms with van der Waals surface area (Å²) in [5.74, 6) is 1.03. The smallest absolute Gasteiger partial charge is 0.335 e. The Morgan fingerprint density at radius 3 is 1.12 bits per heavy atom. The average molecular weight is 1270 g/mol. The standard InChI is InChI=1S/C21H13Br2N3.C7H3Br2ClO.C7H4Br2O2.C7H5N.Cl2OS/c22-17-11-16(12-18(23)13-17)21-25-19(14-7-3-1-4-8-14)24-20(26-21)15-9-5-2-6-10-15;2*8-5-1-4(7(10)11)2-6(9)3-5;8-6-7-4-2-1-3-5-7;1-4(2)3/h1-13H;1-3H;1-3H,(H,10,11);1-5H;. The number of nitrogens with zero attached hydrogens (tertiary/aromatic N) is 4. The Morgan fingerprint density at radius 1 is 0.517 bits per heavy atom. The molecule has 1 heterocycles. The second-order valence-electron chi connectivity index (χ2n) is 11.3. The summed E-state index contributed by atoms with van der Waals surface area (Å²) in [6, 6.07) is 47.1. The number of hydrogen-bond acceptors (Lipinski definition) is 7. The molecule has 0 unspecified atom stereocenters. The van der Waals surface area contributed by atoms with Gasteiger partial charge in [0.1, 0.15) is 0 Å². The van der Waals surface area contributed by atoms with Crippen molar-refractivity contribution in [2.24, 2.45) is 0 Å². The average Bonchev–Trinajstić information content (AvgIpc) is 3.21. The molecular formula is C42H25Br6Cl3N4O4S. The highest BCUT2D eigenvalue weighted by Gasteiger charge is 2.13. The molecular weight excluding hydrogens is 1240 g/mol. The summed E-state index contributed by atoms with van der Waals surface area (Å²) < 4.78 is 14.2. The molecule has 0 amide bonds. The van der Waals surface area contributed by atoms with Crippen molar-refractivity contribution in [2.45, 2.75) is 0 Å². The van der Waals surface area contributed by atoms with Crippen LogP contribution in [0.3, 0.4) is 0 Å². The fraction of sp³-hybridized carbons (Fsp3) is 0. The third-order valence-corrected chi connectivity index (χ3v) is 9.89. The van der Waals surface area contributed by atoms with Crippen molar-refractivity contribution >= 4 is 149 Å². The minimum atomic E-state index is -1.67. The van der Waals surface area contributed by atoms with E-state index in [4.69, 9.17) is 41.1 Å². The lowest BCUT2D eigenvalue weighted by Gasteiger charge is -2.09. The van der Waals surface area contributed by atoms with E-state index in [1.165, 1.54) is 0 Å². The van der Waals surface area contributed by atoms with Crippen LogP contribution in [0, 0.1) is 11.3 Å². The number of carboxylic acids is 1. The Labute approximate surface area is 413 Å². The first-order valence-corrected chi connectivity index (χ1v) is 24.4. The van der Waals surface area contributed by atoms with Gasteiger partial charge in [-0.05, 0) is 78.3 Å². The van der Waals surface area contributed by atoms with Crippen LogP contribution in [-0.2, 0) is 9.23 Å². The van der Waals surface area contributed by atoms with Crippen molar-refractivity contribution in [1.29, 1.82) is 5.26 Å². The van der Waals surface area contributed by atoms with E-state index in [1.54, 1.807) is 42.5 Å². The molecule has 18 heteroatoms. The lowest BCUT2D eigenvalue weighted by atomic mass is 10.1. The first kappa shape index (κ1) is 51.2. The molecule has 0 fully saturated rings. The Kier molecular flexibility index (Phi) is 23.1. The molecule has 7 aromatic rings. The van der Waals surface area contributed by atoms with Gasteiger partial charge in [0.25, 0.3) is 5.24 Å². The number of aromatic nitrogens is 3. The number of aromatic carboxylic acids is 1. The van der Waals surface area contributed by atoms with Crippen LogP contribution >= 0.6 is 129 Å². The van der Waals surface area contributed by atoms with Crippen LogP contribution < -0.4 is 0 Å². The maximum Gasteiger partial charge on any atom is 0.335 e. The molecule has 7 rings (SSSR count). The van der Waals surface area contributed by atoms with Crippen molar-refractivity contribution < 1.29 is 18.9 Å². The molecule has 0 spiro atoms. The molecule has 0 saturated carbocycles. The van der Waals surface area contributed by atoms with Gasteiger partial charge >= 0.3 is 5.97 Å². The van der Waals surface area contributed by atoms with Crippen molar-refractivity contribution in [3.63, 3.8) is 0 Å². The molecule has 1 N–H and O–H groups in total. The Bertz CT molecular complexity index is 2410. The summed E-state index contributed by atoms with van der Waals surface area (Å²) in [5.41, 5.74) is 4.31. The fourth-order valence-electron chi connectivity index (χ4n) is 4.48. The van der Waals surface area contributed by atoms with Gasteiger partial charge in [-0.25, -0.2) is 24.0 Å². The van der Waals surface area contributed by atoms with Gasteiger partial charge in [0.2, 0.25) is 9.23 Å².